The van der Waals surface area contributed by atoms with Crippen molar-refractivity contribution in [2.24, 2.45) is 10.1 Å². The van der Waals surface area contributed by atoms with Gasteiger partial charge in [-0.25, -0.2) is 0 Å². The van der Waals surface area contributed by atoms with Gasteiger partial charge in [-0.3, -0.25) is 15.2 Å². The lowest BCUT2D eigenvalue weighted by Gasteiger charge is -2.20. The number of aliphatic imine (C=N–C) groups is 1. The highest BCUT2D eigenvalue weighted by atomic mass is 35.5. The second kappa shape index (κ2) is 8.30. The van der Waals surface area contributed by atoms with Gasteiger partial charge < -0.3 is 4.57 Å². The molecule has 2 aliphatic rings. The van der Waals surface area contributed by atoms with Gasteiger partial charge >= 0.3 is 0 Å². The van der Waals surface area contributed by atoms with E-state index in [0.717, 1.165) is 28.2 Å². The van der Waals surface area contributed by atoms with Crippen molar-refractivity contribution in [2.45, 2.75) is 13.8 Å². The van der Waals surface area contributed by atoms with Gasteiger partial charge in [-0.15, -0.1) is 0 Å². The highest BCUT2D eigenvalue weighted by Gasteiger charge is 2.36. The van der Waals surface area contributed by atoms with E-state index in [9.17, 15) is 4.79 Å². The van der Waals surface area contributed by atoms with Crippen molar-refractivity contribution in [3.8, 4) is 5.69 Å². The molecule has 2 aromatic heterocycles. The van der Waals surface area contributed by atoms with E-state index in [1.165, 1.54) is 16.8 Å². The Balaban J connectivity index is 1.54. The molecule has 7 nitrogen and oxygen atoms in total. The number of pyridine rings is 1. The second-order valence-electron chi connectivity index (χ2n) is 7.42. The van der Waals surface area contributed by atoms with Crippen LogP contribution >= 0.6 is 35.0 Å². The third kappa shape index (κ3) is 3.80. The molecule has 0 unspecified atom stereocenters. The van der Waals surface area contributed by atoms with Gasteiger partial charge in [-0.05, 0) is 73.6 Å². The normalized spacial score (nSPS) is 16.8. The fourth-order valence-corrected chi connectivity index (χ4v) is 4.96. The van der Waals surface area contributed by atoms with Gasteiger partial charge in [0.2, 0.25) is 5.17 Å². The van der Waals surface area contributed by atoms with Crippen LogP contribution < -0.4 is 0 Å². The molecule has 164 valence electrons. The van der Waals surface area contributed by atoms with Gasteiger partial charge in [0.05, 0.1) is 16.3 Å². The molecule has 1 aromatic carbocycles. The summed E-state index contributed by atoms with van der Waals surface area (Å²) in [5, 5.41) is 16.6. The molecule has 1 N–H and O–H groups in total. The summed E-state index contributed by atoms with van der Waals surface area (Å²) in [5.41, 5.74) is 4.25. The highest BCUT2D eigenvalue weighted by molar-refractivity contribution is 8.27. The number of carbonyl (C=O) groups excluding carboxylic acids is 1. The summed E-state index contributed by atoms with van der Waals surface area (Å²) in [7, 11) is 0. The molecular weight excluding hydrogens is 479 g/mol. The Bertz CT molecular complexity index is 1420. The number of halogens is 2. The highest BCUT2D eigenvalue weighted by Crippen LogP contribution is 2.33. The molecule has 0 saturated carbocycles. The molecule has 0 fully saturated rings. The van der Waals surface area contributed by atoms with Gasteiger partial charge in [0.25, 0.3) is 5.91 Å². The molecule has 0 aliphatic carbocycles. The number of aryl methyl sites for hydroxylation is 1. The number of hydrogen-bond donors (Lipinski definition) is 1. The number of rotatable bonds is 3. The van der Waals surface area contributed by atoms with E-state index < -0.39 is 5.91 Å². The fourth-order valence-electron chi connectivity index (χ4n) is 3.72. The molecule has 0 spiro atoms. The van der Waals surface area contributed by atoms with Crippen molar-refractivity contribution >= 4 is 63.0 Å². The maximum absolute atomic E-state index is 12.8. The summed E-state index contributed by atoms with van der Waals surface area (Å²) in [5.74, 6) is -0.506. The molecule has 33 heavy (non-hydrogen) atoms. The lowest BCUT2D eigenvalue weighted by molar-refractivity contribution is -0.114. The Hall–Kier alpha value is -3.20. The fraction of sp³-hybridized carbons (Fsp3) is 0.0870. The zero-order valence-electron chi connectivity index (χ0n) is 17.5. The number of carbonyl (C=O) groups is 1. The molecule has 3 aromatic rings. The summed E-state index contributed by atoms with van der Waals surface area (Å²) in [6.07, 6.45) is 5.03. The van der Waals surface area contributed by atoms with Gasteiger partial charge in [0, 0.05) is 34.4 Å². The summed E-state index contributed by atoms with van der Waals surface area (Å²) in [4.78, 5) is 21.1. The van der Waals surface area contributed by atoms with Crippen LogP contribution in [0.15, 0.2) is 64.5 Å². The summed E-state index contributed by atoms with van der Waals surface area (Å²) >= 11 is 13.8. The number of thioether (sulfide) groups is 1. The number of aromatic nitrogens is 2. The molecular formula is C23H16Cl2N6OS. The average molecular weight is 495 g/mol. The minimum Gasteiger partial charge on any atom is -0.316 e. The largest absolute Gasteiger partial charge is 0.316 e. The molecule has 2 aliphatic heterocycles. The summed E-state index contributed by atoms with van der Waals surface area (Å²) in [6.45, 7) is 3.87. The SMILES string of the molecule is Cc1cc(/C=C2/C(=N)N3N=C(c4cccnc4)SC3=NC2=O)c(C)n1-c1cc(Cl)ccc1Cl. The van der Waals surface area contributed by atoms with E-state index >= 15 is 0 Å². The van der Waals surface area contributed by atoms with Gasteiger partial charge in [0.1, 0.15) is 5.04 Å². The monoisotopic (exact) mass is 494 g/mol. The van der Waals surface area contributed by atoms with Gasteiger partial charge in [0.15, 0.2) is 5.84 Å². The van der Waals surface area contributed by atoms with Crippen LogP contribution in [-0.2, 0) is 4.79 Å². The lowest BCUT2D eigenvalue weighted by Crippen LogP contribution is -2.35. The standard InChI is InChI=1S/C23H16Cl2N6OS/c1-12-8-15(13(2)30(12)19-10-16(24)5-6-18(19)25)9-17-20(26)31-23(28-21(17)32)33-22(29-31)14-4-3-7-27-11-14/h3-11,26H,1-2H3/b17-9-,26-20?. The Labute approximate surface area is 203 Å². The number of hydrazone groups is 1. The van der Waals surface area contributed by atoms with Crippen LogP contribution in [-0.4, -0.2) is 36.5 Å². The maximum Gasteiger partial charge on any atom is 0.283 e. The molecule has 1 amide bonds. The maximum atomic E-state index is 12.8. The second-order valence-corrected chi connectivity index (χ2v) is 9.22. The number of fused-ring (bicyclic) bond motifs is 1. The number of hydrogen-bond acceptors (Lipinski definition) is 5. The predicted octanol–water partition coefficient (Wildman–Crippen LogP) is 5.46. The number of nitrogens with zero attached hydrogens (tertiary/aromatic N) is 5. The Morgan fingerprint density at radius 1 is 1.15 bits per heavy atom. The summed E-state index contributed by atoms with van der Waals surface area (Å²) < 4.78 is 1.97. The van der Waals surface area contributed by atoms with E-state index in [0.29, 0.717) is 20.3 Å². The minimum atomic E-state index is -0.480. The van der Waals surface area contributed by atoms with E-state index in [-0.39, 0.29) is 11.4 Å². The first-order chi connectivity index (χ1) is 15.8. The van der Waals surface area contributed by atoms with Crippen LogP contribution in [0.2, 0.25) is 10.0 Å². The van der Waals surface area contributed by atoms with E-state index in [2.05, 4.69) is 15.1 Å². The molecule has 10 heteroatoms. The number of benzene rings is 1. The number of amidine groups is 2. The first-order valence-corrected chi connectivity index (χ1v) is 11.5. The molecule has 0 radical (unpaired) electrons. The molecule has 5 rings (SSSR count). The van der Waals surface area contributed by atoms with Crippen LogP contribution in [0.25, 0.3) is 11.8 Å². The molecule has 4 heterocycles. The smallest absolute Gasteiger partial charge is 0.283 e. The number of amides is 1. The number of nitrogens with one attached hydrogen (secondary N) is 1. The van der Waals surface area contributed by atoms with Crippen molar-refractivity contribution in [2.75, 3.05) is 0 Å². The van der Waals surface area contributed by atoms with E-state index in [4.69, 9.17) is 28.6 Å². The van der Waals surface area contributed by atoms with Crippen molar-refractivity contribution in [1.29, 1.82) is 5.41 Å². The summed E-state index contributed by atoms with van der Waals surface area (Å²) in [6, 6.07) is 10.9. The molecule has 0 atom stereocenters. The van der Waals surface area contributed by atoms with E-state index in [1.54, 1.807) is 42.7 Å². The Morgan fingerprint density at radius 2 is 1.97 bits per heavy atom. The molecule has 0 saturated heterocycles. The van der Waals surface area contributed by atoms with Crippen molar-refractivity contribution in [3.05, 3.63) is 86.9 Å². The van der Waals surface area contributed by atoms with Crippen LogP contribution in [0.4, 0.5) is 0 Å². The Kier molecular flexibility index (Phi) is 5.44. The first kappa shape index (κ1) is 21.6. The van der Waals surface area contributed by atoms with E-state index in [1.807, 2.05) is 30.5 Å². The van der Waals surface area contributed by atoms with Crippen molar-refractivity contribution in [1.82, 2.24) is 14.6 Å². The third-order valence-corrected chi connectivity index (χ3v) is 6.79. The minimum absolute atomic E-state index is 0.0259. The quantitative estimate of drug-likeness (QED) is 0.489. The molecule has 0 bridgehead atoms. The van der Waals surface area contributed by atoms with Gasteiger partial charge in [-0.2, -0.15) is 15.1 Å². The van der Waals surface area contributed by atoms with Crippen molar-refractivity contribution in [3.63, 3.8) is 0 Å². The van der Waals surface area contributed by atoms with Crippen LogP contribution in [0.1, 0.15) is 22.5 Å². The lowest BCUT2D eigenvalue weighted by atomic mass is 10.1. The zero-order valence-corrected chi connectivity index (χ0v) is 19.8. The topological polar surface area (TPSA) is 86.7 Å². The predicted molar refractivity (Wildman–Crippen MR) is 134 cm³/mol. The zero-order chi connectivity index (χ0) is 23.3. The van der Waals surface area contributed by atoms with Gasteiger partial charge in [-0.1, -0.05) is 23.2 Å². The average Bonchev–Trinajstić information content (AvgIpc) is 3.34. The van der Waals surface area contributed by atoms with Crippen LogP contribution in [0.3, 0.4) is 0 Å². The Morgan fingerprint density at radius 3 is 2.73 bits per heavy atom. The van der Waals surface area contributed by atoms with Crippen LogP contribution in [0, 0.1) is 19.3 Å². The van der Waals surface area contributed by atoms with Crippen LogP contribution in [0.5, 0.6) is 0 Å². The first-order valence-electron chi connectivity index (χ1n) is 9.88. The third-order valence-electron chi connectivity index (χ3n) is 5.28. The van der Waals surface area contributed by atoms with Crippen molar-refractivity contribution < 1.29 is 4.79 Å².